The molecule has 0 amide bonds. The fraction of sp³-hybridized carbons (Fsp3) is 0.636. The predicted molar refractivity (Wildman–Crippen MR) is 112 cm³/mol. The summed E-state index contributed by atoms with van der Waals surface area (Å²) >= 11 is 0. The second-order valence-electron chi connectivity index (χ2n) is 9.11. The molecule has 2 aromatic heterocycles. The number of morpholine rings is 1. The van der Waals surface area contributed by atoms with Crippen LogP contribution in [-0.4, -0.2) is 58.6 Å². The molecule has 9 heteroatoms. The number of hydrogen-bond acceptors (Lipinski definition) is 6. The molecular weight excluding hydrogens is 404 g/mol. The number of anilines is 1. The number of nitrogen functional groups attached to an aromatic ring is 1. The quantitative estimate of drug-likeness (QED) is 0.751. The number of alkyl halides is 2. The van der Waals surface area contributed by atoms with Crippen molar-refractivity contribution in [2.75, 3.05) is 32.0 Å². The molecule has 0 radical (unpaired) electrons. The molecule has 2 saturated carbocycles. The third-order valence-corrected chi connectivity index (χ3v) is 6.97. The Hall–Kier alpha value is -2.26. The normalized spacial score (nSPS) is 28.3. The standard InChI is InChI=1S/C22H29F2N5O2/c1-12(2)29-18(20-15-8-14(9-16(15)20)28-3-5-30-6-4-28)10-17(27-29)13-7-19(31-22(23)24)21(25)26-11-13/h7,10-12,14-16,20,22H,3-6,8-9H2,1-2H3,(H2,25,26)/t14?,15-,16+,20+. The van der Waals surface area contributed by atoms with Gasteiger partial charge in [0.05, 0.1) is 18.9 Å². The summed E-state index contributed by atoms with van der Waals surface area (Å²) in [6, 6.07) is 4.46. The van der Waals surface area contributed by atoms with Gasteiger partial charge in [0, 0.05) is 48.5 Å². The van der Waals surface area contributed by atoms with E-state index in [1.165, 1.54) is 24.6 Å². The molecule has 4 atom stereocenters. The molecule has 3 aliphatic rings. The Kier molecular flexibility index (Phi) is 5.34. The molecule has 2 aromatic rings. The maximum atomic E-state index is 12.7. The van der Waals surface area contributed by atoms with Gasteiger partial charge in [-0.25, -0.2) is 4.98 Å². The summed E-state index contributed by atoms with van der Waals surface area (Å²) in [5, 5.41) is 4.79. The fourth-order valence-electron chi connectivity index (χ4n) is 5.49. The van der Waals surface area contributed by atoms with E-state index in [2.05, 4.69) is 39.2 Å². The third kappa shape index (κ3) is 3.89. The Morgan fingerprint density at radius 1 is 1.16 bits per heavy atom. The summed E-state index contributed by atoms with van der Waals surface area (Å²) in [6.07, 6.45) is 4.01. The SMILES string of the molecule is CC(C)n1nc(-c2cnc(N)c(OC(F)F)c2)cc1[C@H]1[C@@H]2CC(N3CCOCC3)C[C@@H]21. The van der Waals surface area contributed by atoms with Crippen LogP contribution in [0.4, 0.5) is 14.6 Å². The zero-order valence-electron chi connectivity index (χ0n) is 17.9. The smallest absolute Gasteiger partial charge is 0.387 e. The Morgan fingerprint density at radius 3 is 2.52 bits per heavy atom. The van der Waals surface area contributed by atoms with Crippen LogP contribution in [0.2, 0.25) is 0 Å². The maximum absolute atomic E-state index is 12.7. The first kappa shape index (κ1) is 20.6. The number of hydrogen-bond donors (Lipinski definition) is 1. The van der Waals surface area contributed by atoms with Gasteiger partial charge in [0.15, 0.2) is 11.6 Å². The van der Waals surface area contributed by atoms with E-state index in [0.717, 1.165) is 26.3 Å². The molecule has 0 aromatic carbocycles. The number of pyridine rings is 1. The van der Waals surface area contributed by atoms with Crippen molar-refractivity contribution >= 4 is 5.82 Å². The van der Waals surface area contributed by atoms with E-state index < -0.39 is 6.61 Å². The highest BCUT2D eigenvalue weighted by molar-refractivity contribution is 5.64. The predicted octanol–water partition coefficient (Wildman–Crippen LogP) is 3.53. The molecule has 3 heterocycles. The Balaban J connectivity index is 1.36. The van der Waals surface area contributed by atoms with Crippen LogP contribution in [0.3, 0.4) is 0 Å². The van der Waals surface area contributed by atoms with Crippen molar-refractivity contribution in [3.63, 3.8) is 0 Å². The lowest BCUT2D eigenvalue weighted by molar-refractivity contribution is -0.0494. The number of nitrogens with two attached hydrogens (primary N) is 1. The highest BCUT2D eigenvalue weighted by Gasteiger charge is 2.58. The van der Waals surface area contributed by atoms with Gasteiger partial charge >= 0.3 is 6.61 Å². The number of rotatable bonds is 6. The molecule has 2 N–H and O–H groups in total. The molecule has 168 valence electrons. The number of ether oxygens (including phenoxy) is 2. The van der Waals surface area contributed by atoms with Gasteiger partial charge in [-0.05, 0) is 50.7 Å². The molecule has 5 rings (SSSR count). The number of nitrogens with zero attached hydrogens (tertiary/aromatic N) is 4. The average Bonchev–Trinajstić information content (AvgIpc) is 3.10. The second-order valence-corrected chi connectivity index (χ2v) is 9.11. The first-order valence-electron chi connectivity index (χ1n) is 11.0. The van der Waals surface area contributed by atoms with Crippen molar-refractivity contribution in [1.82, 2.24) is 19.7 Å². The van der Waals surface area contributed by atoms with Gasteiger partial charge in [0.25, 0.3) is 0 Å². The van der Waals surface area contributed by atoms with Gasteiger partial charge in [-0.15, -0.1) is 0 Å². The number of halogens is 2. The highest BCUT2D eigenvalue weighted by Crippen LogP contribution is 2.64. The lowest BCUT2D eigenvalue weighted by atomic mass is 10.0. The maximum Gasteiger partial charge on any atom is 0.387 e. The summed E-state index contributed by atoms with van der Waals surface area (Å²) in [4.78, 5) is 6.61. The molecule has 2 aliphatic carbocycles. The van der Waals surface area contributed by atoms with Crippen LogP contribution < -0.4 is 10.5 Å². The molecule has 1 aliphatic heterocycles. The zero-order valence-corrected chi connectivity index (χ0v) is 17.9. The highest BCUT2D eigenvalue weighted by atomic mass is 19.3. The Bertz CT molecular complexity index is 932. The lowest BCUT2D eigenvalue weighted by Gasteiger charge is -2.33. The third-order valence-electron chi connectivity index (χ3n) is 6.97. The summed E-state index contributed by atoms with van der Waals surface area (Å²) in [6.45, 7) is 5.03. The molecular formula is C22H29F2N5O2. The summed E-state index contributed by atoms with van der Waals surface area (Å²) in [7, 11) is 0. The minimum atomic E-state index is -2.95. The van der Waals surface area contributed by atoms with E-state index in [0.29, 0.717) is 35.1 Å². The van der Waals surface area contributed by atoms with Crippen molar-refractivity contribution < 1.29 is 18.3 Å². The molecule has 31 heavy (non-hydrogen) atoms. The van der Waals surface area contributed by atoms with E-state index in [1.54, 1.807) is 6.20 Å². The Morgan fingerprint density at radius 2 is 1.87 bits per heavy atom. The van der Waals surface area contributed by atoms with Gasteiger partial charge in [0.2, 0.25) is 0 Å². The van der Waals surface area contributed by atoms with Crippen molar-refractivity contribution in [2.24, 2.45) is 11.8 Å². The molecule has 0 spiro atoms. The summed E-state index contributed by atoms with van der Waals surface area (Å²) in [5.74, 6) is 1.72. The van der Waals surface area contributed by atoms with E-state index >= 15 is 0 Å². The van der Waals surface area contributed by atoms with Crippen molar-refractivity contribution in [2.45, 2.75) is 51.3 Å². The van der Waals surface area contributed by atoms with Crippen LogP contribution in [-0.2, 0) is 4.74 Å². The van der Waals surface area contributed by atoms with Crippen LogP contribution in [0.25, 0.3) is 11.3 Å². The zero-order chi connectivity index (χ0) is 21.7. The number of aromatic nitrogens is 3. The molecule has 7 nitrogen and oxygen atoms in total. The Labute approximate surface area is 180 Å². The van der Waals surface area contributed by atoms with Crippen LogP contribution in [0, 0.1) is 11.8 Å². The lowest BCUT2D eigenvalue weighted by Crippen LogP contribution is -2.43. The minimum Gasteiger partial charge on any atom is -0.431 e. The van der Waals surface area contributed by atoms with Gasteiger partial charge in [-0.2, -0.15) is 13.9 Å². The first-order chi connectivity index (χ1) is 14.9. The van der Waals surface area contributed by atoms with E-state index in [9.17, 15) is 8.78 Å². The minimum absolute atomic E-state index is 0.0570. The molecule has 1 saturated heterocycles. The first-order valence-corrected chi connectivity index (χ1v) is 11.0. The van der Waals surface area contributed by atoms with Crippen molar-refractivity contribution in [3.05, 3.63) is 24.0 Å². The van der Waals surface area contributed by atoms with Crippen LogP contribution in [0.15, 0.2) is 18.3 Å². The van der Waals surface area contributed by atoms with Gasteiger partial charge in [-0.1, -0.05) is 0 Å². The summed E-state index contributed by atoms with van der Waals surface area (Å²) < 4.78 is 37.5. The van der Waals surface area contributed by atoms with Gasteiger partial charge in [0.1, 0.15) is 0 Å². The second kappa shape index (κ2) is 8.02. The van der Waals surface area contributed by atoms with E-state index in [1.807, 2.05) is 0 Å². The summed E-state index contributed by atoms with van der Waals surface area (Å²) in [5.41, 5.74) is 8.26. The van der Waals surface area contributed by atoms with Crippen molar-refractivity contribution in [3.8, 4) is 17.0 Å². The van der Waals surface area contributed by atoms with Crippen LogP contribution in [0.1, 0.15) is 44.3 Å². The fourth-order valence-corrected chi connectivity index (χ4v) is 5.49. The molecule has 1 unspecified atom stereocenters. The largest absolute Gasteiger partial charge is 0.431 e. The monoisotopic (exact) mass is 433 g/mol. The number of fused-ring (bicyclic) bond motifs is 1. The van der Waals surface area contributed by atoms with Gasteiger partial charge < -0.3 is 15.2 Å². The molecule has 3 fully saturated rings. The van der Waals surface area contributed by atoms with Gasteiger partial charge in [-0.3, -0.25) is 9.58 Å². The van der Waals surface area contributed by atoms with Crippen LogP contribution in [0.5, 0.6) is 5.75 Å². The molecule has 0 bridgehead atoms. The van der Waals surface area contributed by atoms with E-state index in [-0.39, 0.29) is 17.6 Å². The van der Waals surface area contributed by atoms with Crippen LogP contribution >= 0.6 is 0 Å². The van der Waals surface area contributed by atoms with Crippen molar-refractivity contribution in [1.29, 1.82) is 0 Å². The van der Waals surface area contributed by atoms with E-state index in [4.69, 9.17) is 15.6 Å². The average molecular weight is 434 g/mol. The topological polar surface area (TPSA) is 78.4 Å².